The maximum absolute atomic E-state index is 14.2. The highest BCUT2D eigenvalue weighted by atomic mass is 16.4. The zero-order valence-corrected chi connectivity index (χ0v) is 27.0. The summed E-state index contributed by atoms with van der Waals surface area (Å²) in [6.07, 6.45) is 5.72. The maximum atomic E-state index is 14.2. The lowest BCUT2D eigenvalue weighted by atomic mass is 9.57. The van der Waals surface area contributed by atoms with E-state index in [0.717, 1.165) is 30.9 Å². The molecule has 1 aromatic carbocycles. The minimum atomic E-state index is -2.69. The molecule has 6 N–H and O–H groups in total. The van der Waals surface area contributed by atoms with Gasteiger partial charge in [0.25, 0.3) is 5.91 Å². The Labute approximate surface area is 268 Å². The largest absolute Gasteiger partial charge is 0.508 e. The van der Waals surface area contributed by atoms with E-state index >= 15 is 0 Å². The third kappa shape index (κ3) is 4.74. The lowest BCUT2D eigenvalue weighted by Crippen LogP contribution is -2.65. The summed E-state index contributed by atoms with van der Waals surface area (Å²) in [5.74, 6) is -4.27. The number of nitrogens with two attached hydrogens (primary N) is 1. The number of hydrogen-bond acceptors (Lipinski definition) is 10. The Bertz CT molecular complexity index is 1690. The van der Waals surface area contributed by atoms with Crippen LogP contribution < -0.4 is 10.6 Å². The standard InChI is InChI=1S/C35H43N3O8/c1-16-6-8-17(9-7-16)12-19-10-11-24(46-19)21-15-23(37(2)3)20-13-18-14-22-28(38(4)5)31(41)27(34(36)44)33(43)35(22,45)32(42)25(18)30(40)26(20)29(21)39/h10-11,15-18,22,28,39-40,43,45H,6-9,12-14H2,1-5H3,(H2,36,44)/t16?,17?,18-,22-,28?,35-/m1/s1. The number of furan rings is 1. The fraction of sp³-hybridized carbons (Fsp3) is 0.514. The number of amides is 1. The van der Waals surface area contributed by atoms with E-state index in [1.165, 1.54) is 17.7 Å². The second kappa shape index (κ2) is 11.3. The van der Waals surface area contributed by atoms with Gasteiger partial charge in [0.05, 0.1) is 17.2 Å². The molecule has 2 saturated carbocycles. The average molecular weight is 634 g/mol. The fourth-order valence-electron chi connectivity index (χ4n) is 8.33. The van der Waals surface area contributed by atoms with Crippen LogP contribution in [0.5, 0.6) is 5.75 Å². The van der Waals surface area contributed by atoms with E-state index in [-0.39, 0.29) is 29.7 Å². The van der Waals surface area contributed by atoms with Crippen molar-refractivity contribution in [3.8, 4) is 17.1 Å². The average Bonchev–Trinajstić information content (AvgIpc) is 3.44. The molecule has 0 radical (unpaired) electrons. The van der Waals surface area contributed by atoms with Gasteiger partial charge in [-0.2, -0.15) is 0 Å². The number of fused-ring (bicyclic) bond motifs is 3. The van der Waals surface area contributed by atoms with Crippen molar-refractivity contribution in [1.29, 1.82) is 0 Å². The van der Waals surface area contributed by atoms with Gasteiger partial charge >= 0.3 is 0 Å². The summed E-state index contributed by atoms with van der Waals surface area (Å²) in [6.45, 7) is 2.28. The summed E-state index contributed by atoms with van der Waals surface area (Å²) >= 11 is 0. The van der Waals surface area contributed by atoms with Gasteiger partial charge in [0.1, 0.15) is 34.4 Å². The molecule has 4 aliphatic carbocycles. The molecule has 0 spiro atoms. The van der Waals surface area contributed by atoms with Crippen molar-refractivity contribution < 1.29 is 39.2 Å². The Balaban J connectivity index is 1.46. The van der Waals surface area contributed by atoms with Crippen molar-refractivity contribution in [2.24, 2.45) is 29.4 Å². The smallest absolute Gasteiger partial charge is 0.255 e. The highest BCUT2D eigenvalue weighted by Crippen LogP contribution is 2.55. The number of hydrogen-bond donors (Lipinski definition) is 5. The molecule has 6 rings (SSSR count). The van der Waals surface area contributed by atoms with Crippen molar-refractivity contribution in [3.05, 3.63) is 52.0 Å². The number of nitrogens with zero attached hydrogens (tertiary/aromatic N) is 2. The Kier molecular flexibility index (Phi) is 7.84. The van der Waals surface area contributed by atoms with Crippen LogP contribution in [0.25, 0.3) is 17.1 Å². The van der Waals surface area contributed by atoms with E-state index in [1.54, 1.807) is 26.2 Å². The molecular formula is C35H43N3O8. The number of phenolic OH excluding ortho intramolecular Hbond substituents is 1. The van der Waals surface area contributed by atoms with Crippen molar-refractivity contribution in [3.63, 3.8) is 0 Å². The van der Waals surface area contributed by atoms with Crippen molar-refractivity contribution in [2.75, 3.05) is 33.1 Å². The van der Waals surface area contributed by atoms with Crippen LogP contribution in [0.1, 0.15) is 55.9 Å². The molecule has 2 fully saturated rings. The first-order valence-corrected chi connectivity index (χ1v) is 16.0. The molecular weight excluding hydrogens is 590 g/mol. The molecule has 2 aromatic rings. The first kappa shape index (κ1) is 31.9. The van der Waals surface area contributed by atoms with Crippen LogP contribution in [-0.4, -0.2) is 82.6 Å². The highest BCUT2D eigenvalue weighted by molar-refractivity contribution is 6.24. The predicted octanol–water partition coefficient (Wildman–Crippen LogP) is 3.66. The number of likely N-dealkylation sites (N-methyl/N-ethyl adjacent to an activating group) is 1. The van der Waals surface area contributed by atoms with Gasteiger partial charge in [-0.1, -0.05) is 19.8 Å². The fourth-order valence-corrected chi connectivity index (χ4v) is 8.33. The number of rotatable bonds is 6. The minimum Gasteiger partial charge on any atom is -0.508 e. The monoisotopic (exact) mass is 633 g/mol. The van der Waals surface area contributed by atoms with Crippen molar-refractivity contribution in [2.45, 2.75) is 63.5 Å². The van der Waals surface area contributed by atoms with Crippen molar-refractivity contribution >= 4 is 28.9 Å². The van der Waals surface area contributed by atoms with Gasteiger partial charge in [0.2, 0.25) is 5.78 Å². The molecule has 1 heterocycles. The number of aliphatic hydroxyl groups is 3. The zero-order valence-electron chi connectivity index (χ0n) is 27.0. The van der Waals surface area contributed by atoms with E-state index in [9.17, 15) is 34.8 Å². The molecule has 11 nitrogen and oxygen atoms in total. The molecule has 1 amide bonds. The third-order valence-corrected chi connectivity index (χ3v) is 10.7. The number of Topliss-reactive ketones (excluding diaryl/α,β-unsaturated/α-hetero) is 2. The van der Waals surface area contributed by atoms with Crippen molar-refractivity contribution in [1.82, 2.24) is 4.90 Å². The quantitative estimate of drug-likeness (QED) is 0.295. The summed E-state index contributed by atoms with van der Waals surface area (Å²) in [5.41, 5.74) is 3.40. The molecule has 0 aliphatic heterocycles. The summed E-state index contributed by atoms with van der Waals surface area (Å²) < 4.78 is 6.25. The van der Waals surface area contributed by atoms with E-state index in [1.807, 2.05) is 25.1 Å². The number of ketones is 2. The molecule has 0 bridgehead atoms. The number of primary amides is 1. The van der Waals surface area contributed by atoms with E-state index in [2.05, 4.69) is 6.92 Å². The maximum Gasteiger partial charge on any atom is 0.255 e. The number of aliphatic hydroxyl groups excluding tert-OH is 2. The summed E-state index contributed by atoms with van der Waals surface area (Å²) in [4.78, 5) is 43.2. The normalized spacial score (nSPS) is 29.5. The lowest BCUT2D eigenvalue weighted by molar-refractivity contribution is -0.153. The molecule has 1 unspecified atom stereocenters. The number of carbonyl (C=O) groups is 3. The third-order valence-electron chi connectivity index (χ3n) is 10.7. The van der Waals surface area contributed by atoms with Crippen LogP contribution in [0, 0.1) is 23.7 Å². The summed E-state index contributed by atoms with van der Waals surface area (Å²) in [5, 5.41) is 46.5. The second-order valence-electron chi connectivity index (χ2n) is 14.1. The van der Waals surface area contributed by atoms with Crippen LogP contribution in [0.15, 0.2) is 39.5 Å². The number of benzene rings is 1. The molecule has 11 heteroatoms. The van der Waals surface area contributed by atoms with Crippen LogP contribution in [0.3, 0.4) is 0 Å². The Hall–Kier alpha value is -4.09. The van der Waals surface area contributed by atoms with E-state index in [4.69, 9.17) is 10.2 Å². The Morgan fingerprint density at radius 3 is 2.35 bits per heavy atom. The number of phenols is 1. The minimum absolute atomic E-state index is 0.0304. The SMILES string of the molecule is CC1CCC(Cc2ccc(-c3cc(N(C)C)c4c(c3O)C(O)=C3C(=O)[C@@]5(O)C(O)=C(C(N)=O)C(=O)C(N(C)C)[C@H]5C[C@H]3C4)o2)CC1. The Morgan fingerprint density at radius 1 is 1.07 bits per heavy atom. The number of anilines is 1. The van der Waals surface area contributed by atoms with Gasteiger partial charge in [-0.25, -0.2) is 0 Å². The second-order valence-corrected chi connectivity index (χ2v) is 14.1. The summed E-state index contributed by atoms with van der Waals surface area (Å²) in [7, 11) is 6.83. The van der Waals surface area contributed by atoms with E-state index < -0.39 is 58.0 Å². The lowest BCUT2D eigenvalue weighted by Gasteiger charge is -2.50. The van der Waals surface area contributed by atoms with Gasteiger partial charge < -0.3 is 35.5 Å². The Morgan fingerprint density at radius 2 is 1.74 bits per heavy atom. The molecule has 1 aromatic heterocycles. The zero-order chi connectivity index (χ0) is 33.4. The summed E-state index contributed by atoms with van der Waals surface area (Å²) in [6, 6.07) is 4.38. The van der Waals surface area contributed by atoms with Crippen LogP contribution >= 0.6 is 0 Å². The van der Waals surface area contributed by atoms with Gasteiger partial charge in [0, 0.05) is 37.7 Å². The number of carbonyl (C=O) groups excluding carboxylic acids is 3. The molecule has 4 atom stereocenters. The van der Waals surface area contributed by atoms with Gasteiger partial charge in [-0.05, 0) is 81.3 Å². The molecule has 0 saturated heterocycles. The molecule has 246 valence electrons. The molecule has 4 aliphatic rings. The van der Waals surface area contributed by atoms with Gasteiger partial charge in [0.15, 0.2) is 11.4 Å². The van der Waals surface area contributed by atoms with E-state index in [0.29, 0.717) is 28.5 Å². The topological polar surface area (TPSA) is 178 Å². The first-order valence-electron chi connectivity index (χ1n) is 16.0. The first-order chi connectivity index (χ1) is 21.7. The van der Waals surface area contributed by atoms with Gasteiger partial charge in [-0.3, -0.25) is 19.3 Å². The van der Waals surface area contributed by atoms with Crippen LogP contribution in [0.2, 0.25) is 0 Å². The highest BCUT2D eigenvalue weighted by Gasteiger charge is 2.64. The van der Waals surface area contributed by atoms with Crippen LogP contribution in [-0.2, 0) is 27.2 Å². The predicted molar refractivity (Wildman–Crippen MR) is 171 cm³/mol. The molecule has 46 heavy (non-hydrogen) atoms. The number of aromatic hydroxyl groups is 1. The van der Waals surface area contributed by atoms with Crippen LogP contribution in [0.4, 0.5) is 5.69 Å². The van der Waals surface area contributed by atoms with Gasteiger partial charge in [-0.15, -0.1) is 0 Å².